The zero-order chi connectivity index (χ0) is 22.7. The summed E-state index contributed by atoms with van der Waals surface area (Å²) in [5.41, 5.74) is 3.23. The Bertz CT molecular complexity index is 783. The maximum absolute atomic E-state index is 12.3. The van der Waals surface area contributed by atoms with Crippen molar-refractivity contribution in [3.63, 3.8) is 0 Å². The Balaban J connectivity index is 1.90. The highest BCUT2D eigenvalue weighted by Crippen LogP contribution is 2.16. The van der Waals surface area contributed by atoms with Crippen LogP contribution in [0, 0.1) is 0 Å². The van der Waals surface area contributed by atoms with Gasteiger partial charge >= 0.3 is 6.09 Å². The summed E-state index contributed by atoms with van der Waals surface area (Å²) in [4.78, 5) is 14.7. The Morgan fingerprint density at radius 2 is 1.68 bits per heavy atom. The van der Waals surface area contributed by atoms with E-state index < -0.39 is 5.60 Å². The van der Waals surface area contributed by atoms with Crippen LogP contribution in [-0.4, -0.2) is 37.4 Å². The molecule has 0 aliphatic heterocycles. The number of anilines is 1. The normalized spacial score (nSPS) is 12.3. The number of carbonyl (C=O) groups excluding carboxylic acids is 1. The Morgan fingerprint density at radius 1 is 1.00 bits per heavy atom. The van der Waals surface area contributed by atoms with Crippen LogP contribution >= 0.6 is 0 Å². The van der Waals surface area contributed by atoms with Crippen molar-refractivity contribution in [2.45, 2.75) is 65.6 Å². The molecule has 0 aliphatic rings. The molecule has 5 nitrogen and oxygen atoms in total. The molecule has 2 aromatic rings. The van der Waals surface area contributed by atoms with E-state index in [1.54, 1.807) is 0 Å². The number of alkyl carbamates (subject to hydrolysis) is 1. The van der Waals surface area contributed by atoms with Crippen LogP contribution in [-0.2, 0) is 17.7 Å². The molecule has 0 saturated heterocycles. The first kappa shape index (κ1) is 24.7. The summed E-state index contributed by atoms with van der Waals surface area (Å²) >= 11 is 0. The molecule has 31 heavy (non-hydrogen) atoms. The average molecular weight is 426 g/mol. The van der Waals surface area contributed by atoms with Gasteiger partial charge in [-0.2, -0.15) is 0 Å². The number of rotatable bonds is 11. The molecular formula is C26H39N3O2. The predicted octanol–water partition coefficient (Wildman–Crippen LogP) is 5.15. The van der Waals surface area contributed by atoms with Crippen LogP contribution in [0.5, 0.6) is 0 Å². The molecule has 0 spiro atoms. The van der Waals surface area contributed by atoms with Gasteiger partial charge in [-0.05, 0) is 77.3 Å². The Morgan fingerprint density at radius 3 is 2.32 bits per heavy atom. The van der Waals surface area contributed by atoms with E-state index in [1.165, 1.54) is 16.8 Å². The first-order valence-electron chi connectivity index (χ1n) is 11.4. The highest BCUT2D eigenvalue weighted by molar-refractivity contribution is 5.68. The smallest absolute Gasteiger partial charge is 0.407 e. The fraction of sp³-hybridized carbons (Fsp3) is 0.500. The summed E-state index contributed by atoms with van der Waals surface area (Å²) in [6.07, 6.45) is 1.24. The zero-order valence-corrected chi connectivity index (χ0v) is 19.8. The topological polar surface area (TPSA) is 53.6 Å². The Hall–Kier alpha value is -2.53. The molecule has 0 unspecified atom stereocenters. The molecule has 2 aromatic carbocycles. The van der Waals surface area contributed by atoms with Gasteiger partial charge < -0.3 is 20.3 Å². The minimum atomic E-state index is -0.504. The molecule has 0 fully saturated rings. The molecular weight excluding hydrogens is 386 g/mol. The number of carbonyl (C=O) groups is 1. The van der Waals surface area contributed by atoms with Crippen LogP contribution in [0.3, 0.4) is 0 Å². The van der Waals surface area contributed by atoms with Crippen LogP contribution in [0.4, 0.5) is 10.5 Å². The number of ether oxygens (including phenoxy) is 1. The van der Waals surface area contributed by atoms with Crippen LogP contribution in [0.2, 0.25) is 0 Å². The van der Waals surface area contributed by atoms with Crippen molar-refractivity contribution in [3.8, 4) is 0 Å². The summed E-state index contributed by atoms with van der Waals surface area (Å²) in [5, 5.41) is 6.58. The van der Waals surface area contributed by atoms with Gasteiger partial charge in [0.05, 0.1) is 0 Å². The fourth-order valence-corrected chi connectivity index (χ4v) is 3.56. The van der Waals surface area contributed by atoms with Crippen molar-refractivity contribution >= 4 is 11.8 Å². The molecule has 2 N–H and O–H groups in total. The lowest BCUT2D eigenvalue weighted by Crippen LogP contribution is -2.41. The molecule has 5 heteroatoms. The van der Waals surface area contributed by atoms with Crippen LogP contribution in [0.1, 0.15) is 52.2 Å². The van der Waals surface area contributed by atoms with E-state index in [-0.39, 0.29) is 12.1 Å². The Kier molecular flexibility index (Phi) is 9.86. The van der Waals surface area contributed by atoms with E-state index in [9.17, 15) is 4.79 Å². The number of hydrogen-bond donors (Lipinski definition) is 2. The van der Waals surface area contributed by atoms with Gasteiger partial charge in [-0.1, -0.05) is 42.5 Å². The predicted molar refractivity (Wildman–Crippen MR) is 130 cm³/mol. The van der Waals surface area contributed by atoms with Crippen molar-refractivity contribution in [2.24, 2.45) is 0 Å². The van der Waals surface area contributed by atoms with E-state index in [0.29, 0.717) is 0 Å². The molecule has 1 amide bonds. The van der Waals surface area contributed by atoms with Gasteiger partial charge in [0, 0.05) is 31.4 Å². The van der Waals surface area contributed by atoms with Crippen molar-refractivity contribution in [3.05, 3.63) is 65.7 Å². The van der Waals surface area contributed by atoms with Gasteiger partial charge in [0.25, 0.3) is 0 Å². The van der Waals surface area contributed by atoms with Crippen molar-refractivity contribution < 1.29 is 9.53 Å². The van der Waals surface area contributed by atoms with Crippen molar-refractivity contribution in [1.82, 2.24) is 10.6 Å². The molecule has 170 valence electrons. The number of benzene rings is 2. The maximum Gasteiger partial charge on any atom is 0.407 e. The quantitative estimate of drug-likeness (QED) is 0.489. The van der Waals surface area contributed by atoms with E-state index >= 15 is 0 Å². The highest BCUT2D eigenvalue weighted by atomic mass is 16.6. The van der Waals surface area contributed by atoms with Crippen LogP contribution < -0.4 is 15.5 Å². The summed E-state index contributed by atoms with van der Waals surface area (Å²) in [6, 6.07) is 18.9. The molecule has 0 aliphatic carbocycles. The van der Waals surface area contributed by atoms with E-state index in [4.69, 9.17) is 4.74 Å². The number of amides is 1. The molecule has 2 rings (SSSR count). The second-order valence-electron chi connectivity index (χ2n) is 8.84. The minimum absolute atomic E-state index is 0.00626. The summed E-state index contributed by atoms with van der Waals surface area (Å²) in [5.74, 6) is 0. The molecule has 0 bridgehead atoms. The standard InChI is InChI=1S/C26H39N3O2/c1-6-29(7-2)24-15-11-14-22(19-24)20-27-17-16-23(18-21-12-9-8-10-13-21)28-25(30)31-26(3,4)5/h8-15,19,23,27H,6-7,16-18,20H2,1-5H3,(H,28,30)/t23-/m1/s1. The van der Waals surface area contributed by atoms with Gasteiger partial charge in [-0.3, -0.25) is 0 Å². The molecule has 1 atom stereocenters. The number of nitrogens with zero attached hydrogens (tertiary/aromatic N) is 1. The fourth-order valence-electron chi connectivity index (χ4n) is 3.56. The average Bonchev–Trinajstić information content (AvgIpc) is 2.72. The van der Waals surface area contributed by atoms with Crippen molar-refractivity contribution in [1.29, 1.82) is 0 Å². The largest absolute Gasteiger partial charge is 0.444 e. The Labute approximate surface area is 188 Å². The lowest BCUT2D eigenvalue weighted by molar-refractivity contribution is 0.0502. The first-order valence-corrected chi connectivity index (χ1v) is 11.4. The van der Waals surface area contributed by atoms with Gasteiger partial charge in [0.1, 0.15) is 5.60 Å². The molecule has 0 aromatic heterocycles. The first-order chi connectivity index (χ1) is 14.8. The third-order valence-electron chi connectivity index (χ3n) is 5.08. The highest BCUT2D eigenvalue weighted by Gasteiger charge is 2.19. The second kappa shape index (κ2) is 12.4. The third-order valence-corrected chi connectivity index (χ3v) is 5.08. The second-order valence-corrected chi connectivity index (χ2v) is 8.84. The lowest BCUT2D eigenvalue weighted by atomic mass is 10.0. The summed E-state index contributed by atoms with van der Waals surface area (Å²) in [6.45, 7) is 13.6. The maximum atomic E-state index is 12.3. The molecule has 0 heterocycles. The van der Waals surface area contributed by atoms with Gasteiger partial charge in [0.15, 0.2) is 0 Å². The van der Waals surface area contributed by atoms with Crippen LogP contribution in [0.25, 0.3) is 0 Å². The molecule has 0 saturated carbocycles. The van der Waals surface area contributed by atoms with E-state index in [2.05, 4.69) is 65.8 Å². The van der Waals surface area contributed by atoms with Crippen LogP contribution in [0.15, 0.2) is 54.6 Å². The molecule has 0 radical (unpaired) electrons. The van der Waals surface area contributed by atoms with Gasteiger partial charge in [0.2, 0.25) is 0 Å². The summed E-state index contributed by atoms with van der Waals surface area (Å²) in [7, 11) is 0. The van der Waals surface area contributed by atoms with Gasteiger partial charge in [-0.15, -0.1) is 0 Å². The zero-order valence-electron chi connectivity index (χ0n) is 19.8. The number of nitrogens with one attached hydrogen (secondary N) is 2. The lowest BCUT2D eigenvalue weighted by Gasteiger charge is -2.24. The van der Waals surface area contributed by atoms with Crippen molar-refractivity contribution in [2.75, 3.05) is 24.5 Å². The monoisotopic (exact) mass is 425 g/mol. The number of hydrogen-bond acceptors (Lipinski definition) is 4. The summed E-state index contributed by atoms with van der Waals surface area (Å²) < 4.78 is 5.46. The van der Waals surface area contributed by atoms with E-state index in [0.717, 1.165) is 39.0 Å². The van der Waals surface area contributed by atoms with E-state index in [1.807, 2.05) is 39.0 Å². The SMILES string of the molecule is CCN(CC)c1cccc(CNCC[C@H](Cc2ccccc2)NC(=O)OC(C)(C)C)c1. The minimum Gasteiger partial charge on any atom is -0.444 e. The third kappa shape index (κ3) is 9.43. The van der Waals surface area contributed by atoms with Gasteiger partial charge in [-0.25, -0.2) is 4.79 Å².